The zero-order chi connectivity index (χ0) is 92.8. The smallest absolute Gasteiger partial charge is 0.217 e. The molecule has 0 aromatic heterocycles. The van der Waals surface area contributed by atoms with E-state index >= 15 is 0 Å². The van der Waals surface area contributed by atoms with E-state index in [0.717, 1.165) is 34.6 Å². The fourth-order valence-corrected chi connectivity index (χ4v) is 16.4. The third-order valence-electron chi connectivity index (χ3n) is 22.9. The molecule has 10 fully saturated rings. The number of rotatable bonds is 33. The quantitative estimate of drug-likeness (QED) is 0.0290. The molecule has 10 aliphatic heterocycles. The van der Waals surface area contributed by atoms with Crippen molar-refractivity contribution in [1.82, 2.24) is 26.6 Å². The number of carbonyl (C=O) groups is 5. The Balaban J connectivity index is 1.11. The largest absolute Gasteiger partial charge is 0.394 e. The maximum Gasteiger partial charge on any atom is 0.217 e. The van der Waals surface area contributed by atoms with Crippen molar-refractivity contribution in [2.75, 3.05) is 66.1 Å². The molecule has 10 saturated heterocycles. The highest BCUT2D eigenvalue weighted by Gasteiger charge is 2.63. The highest BCUT2D eigenvalue weighted by molar-refractivity contribution is 5.75. The molecule has 0 bridgehead atoms. The van der Waals surface area contributed by atoms with E-state index in [1.807, 2.05) is 0 Å². The summed E-state index contributed by atoms with van der Waals surface area (Å²) < 4.78 is 116. The molecule has 56 heteroatoms. The fraction of sp³-hybridized carbons (Fsp3) is 0.929. The van der Waals surface area contributed by atoms with Crippen LogP contribution in [-0.2, 0) is 114 Å². The van der Waals surface area contributed by atoms with Crippen LogP contribution < -0.4 is 26.6 Å². The van der Waals surface area contributed by atoms with E-state index in [1.165, 1.54) is 0 Å². The summed E-state index contributed by atoms with van der Waals surface area (Å²) in [5.41, 5.74) is 0. The third kappa shape index (κ3) is 22.9. The molecule has 0 radical (unpaired) electrons. The van der Waals surface area contributed by atoms with Gasteiger partial charge in [0.25, 0.3) is 0 Å². The maximum absolute atomic E-state index is 13.5. The van der Waals surface area contributed by atoms with Crippen LogP contribution in [0.25, 0.3) is 0 Å². The topological polar surface area (TPSA) is 867 Å². The zero-order valence-corrected chi connectivity index (χ0v) is 67.8. The highest BCUT2D eigenvalue weighted by Crippen LogP contribution is 2.42. The van der Waals surface area contributed by atoms with Crippen molar-refractivity contribution in [3.8, 4) is 0 Å². The predicted molar refractivity (Wildman–Crippen MR) is 388 cm³/mol. The van der Waals surface area contributed by atoms with Gasteiger partial charge in [0.2, 0.25) is 29.5 Å². The first-order valence-corrected chi connectivity index (χ1v) is 40.1. The average molecular weight is 1840 g/mol. The summed E-state index contributed by atoms with van der Waals surface area (Å²) in [7, 11) is 0. The number of hydrogen-bond donors (Lipinski definition) is 32. The average Bonchev–Trinajstić information content (AvgIpc) is 0.755. The Kier molecular flexibility index (Phi) is 37.4. The van der Waals surface area contributed by atoms with Crippen molar-refractivity contribution in [2.24, 2.45) is 0 Å². The van der Waals surface area contributed by atoms with Crippen molar-refractivity contribution >= 4 is 29.5 Å². The molecule has 0 aromatic rings. The second kappa shape index (κ2) is 45.5. The van der Waals surface area contributed by atoms with Crippen molar-refractivity contribution in [2.45, 2.75) is 341 Å². The van der Waals surface area contributed by atoms with Gasteiger partial charge in [-0.3, -0.25) is 24.0 Å². The molecule has 10 rings (SSSR count). The van der Waals surface area contributed by atoms with Crippen LogP contribution in [0.4, 0.5) is 0 Å². The Morgan fingerprint density at radius 2 is 0.452 bits per heavy atom. The molecule has 728 valence electrons. The van der Waals surface area contributed by atoms with Crippen LogP contribution in [0.2, 0.25) is 0 Å². The minimum absolute atomic E-state index is 0.825. The number of carbonyl (C=O) groups excluding carboxylic acids is 5. The van der Waals surface area contributed by atoms with Crippen LogP contribution in [0.1, 0.15) is 34.6 Å². The number of hydrogen-bond acceptors (Lipinski definition) is 51. The van der Waals surface area contributed by atoms with Crippen molar-refractivity contribution in [3.05, 3.63) is 0 Å². The number of aliphatic hydroxyl groups is 27. The summed E-state index contributed by atoms with van der Waals surface area (Å²) in [6, 6.07) is -9.83. The monoisotopic (exact) mass is 1840 g/mol. The second-order valence-electron chi connectivity index (χ2n) is 31.7. The molecule has 5 amide bonds. The maximum atomic E-state index is 13.5. The van der Waals surface area contributed by atoms with Crippen LogP contribution in [0.3, 0.4) is 0 Å². The van der Waals surface area contributed by atoms with Gasteiger partial charge in [0.1, 0.15) is 244 Å². The first-order chi connectivity index (χ1) is 59.6. The number of amides is 5. The molecule has 0 unspecified atom stereocenters. The molecule has 0 spiro atoms. The SMILES string of the molecule is CC(=O)N[C@@H]1[C@@H](O)[C@H](O[C@@H]2O[C@H](CO)[C@@H](O[C@@H]3O[C@H](CO[C@H]4O[C@H](CO)[C@@H](O)[C@H](O[C@H]5O[C@H](CO)[C@@H](O)[C@H](O)[C@@H]5O)[C@@H]4O)[C@@H](O[C@@H]4O[C@H](CO)[C@@H](O)[C@H](O)[C@H]4NC(C)=O)[C@H](O[C@H]4O[C@H](CO)[C@@H](O[C@@H]5O[C@H](CO)[C@@H](O[C@@H]6O[C@H](CO)[C@H](O)[C@H](O)[C@H]6O)[C@H](O)[C@H]5NC(C)=O)[C@H](O)[C@@H]4O[C@@H]4O[C@H](CO)[C@@H](O)[C@H](O)[C@H]4NC(C)=O)[C@@H]3O)[C@H](O)[C@H]2NC(C)=O)[C@@H](CO)O[C@H]1O. The number of aliphatic hydroxyl groups excluding tert-OH is 27. The van der Waals surface area contributed by atoms with E-state index in [0.29, 0.717) is 0 Å². The lowest BCUT2D eigenvalue weighted by molar-refractivity contribution is -0.412. The molecule has 126 heavy (non-hydrogen) atoms. The van der Waals surface area contributed by atoms with Gasteiger partial charge in [-0.2, -0.15) is 0 Å². The molecule has 0 saturated carbocycles. The Morgan fingerprint density at radius 1 is 0.206 bits per heavy atom. The van der Waals surface area contributed by atoms with Gasteiger partial charge in [-0.05, 0) is 0 Å². The van der Waals surface area contributed by atoms with E-state index in [-0.39, 0.29) is 0 Å². The minimum atomic E-state index is -2.81. The normalized spacial score (nSPS) is 48.4. The van der Waals surface area contributed by atoms with E-state index in [4.69, 9.17) is 90.0 Å². The lowest BCUT2D eigenvalue weighted by atomic mass is 9.93. The van der Waals surface area contributed by atoms with Crippen LogP contribution in [0.15, 0.2) is 0 Å². The Morgan fingerprint density at radius 3 is 0.833 bits per heavy atom. The molecular formula is C70H117N5O51. The van der Waals surface area contributed by atoms with Gasteiger partial charge in [0.15, 0.2) is 62.9 Å². The molecule has 50 atom stereocenters. The summed E-state index contributed by atoms with van der Waals surface area (Å²) in [5, 5.41) is 316. The van der Waals surface area contributed by atoms with Crippen molar-refractivity contribution in [3.63, 3.8) is 0 Å². The second-order valence-corrected chi connectivity index (χ2v) is 31.7. The van der Waals surface area contributed by atoms with Gasteiger partial charge in [-0.1, -0.05) is 0 Å². The fourth-order valence-electron chi connectivity index (χ4n) is 16.4. The molecule has 0 aromatic carbocycles. The molecule has 56 nitrogen and oxygen atoms in total. The summed E-state index contributed by atoms with van der Waals surface area (Å²) in [6.07, 6.45) is -98.7. The van der Waals surface area contributed by atoms with Gasteiger partial charge in [0.05, 0.1) is 66.1 Å². The summed E-state index contributed by atoms with van der Waals surface area (Å²) in [5.74, 6) is -4.84. The standard InChI is InChI=1S/C70H117N5O51/c1-16(85)71-31-43(97)53(26(11-81)109-61(31)107)119-64-34(74-19(4)88)45(99)55(28(13-83)115-64)122-69-52(106)59(57(123-62-32(72-17(2)86)41(95)36(90)21(6-76)110-62)30(118-69)15-108-66-51(105)58(40(94)25(10-80)112-66)124-68-49(103)47(101)39(93)24(9-79)114-68)125-70-60(126-63-33(73-18(3)87)42(96)37(91)22(7-77)111-63)50(104)56(29(14-84)117-70)120-65-35(75-20(5)89)44(98)54(27(12-82)116-65)121-67-48(102)46(100)38(92)23(8-78)113-67/h21-70,76-84,90-107H,6-15H2,1-5H3,(H,71,85)(H,72,86)(H,73,87)(H,74,88)(H,75,89)/t21-,22-,23-,24-,25-,26-,27-,28-,29-,30-,31-,32-,33-,34-,35-,36-,37-,38+,39-,40-,41-,42-,43-,44-,45-,46+,47+,48-,49+,50+,51+,52+,53-,54-,55-,56-,57-,58+,59-,60+,61-,62+,63+,64+,65+,66+,67+,68-,69+,70-/m1/s1. The summed E-state index contributed by atoms with van der Waals surface area (Å²) >= 11 is 0. The number of nitrogens with one attached hydrogen (secondary N) is 5. The highest BCUT2D eigenvalue weighted by atomic mass is 16.8. The van der Waals surface area contributed by atoms with Crippen molar-refractivity contribution in [1.29, 1.82) is 0 Å². The summed E-state index contributed by atoms with van der Waals surface area (Å²) in [4.78, 5) is 65.0. The van der Waals surface area contributed by atoms with Crippen molar-refractivity contribution < 1.29 is 252 Å². The van der Waals surface area contributed by atoms with Crippen LogP contribution in [0, 0.1) is 0 Å². The van der Waals surface area contributed by atoms with Gasteiger partial charge in [-0.15, -0.1) is 0 Å². The molecule has 10 heterocycles. The van der Waals surface area contributed by atoms with E-state index in [9.17, 15) is 162 Å². The Labute approximate surface area is 713 Å². The first kappa shape index (κ1) is 104. The van der Waals surface area contributed by atoms with E-state index in [2.05, 4.69) is 26.6 Å². The van der Waals surface area contributed by atoms with E-state index < -0.39 is 402 Å². The van der Waals surface area contributed by atoms with E-state index in [1.54, 1.807) is 0 Å². The lowest BCUT2D eigenvalue weighted by Crippen LogP contribution is -2.72. The predicted octanol–water partition coefficient (Wildman–Crippen LogP) is -22.1. The lowest BCUT2D eigenvalue weighted by Gasteiger charge is -2.53. The third-order valence-corrected chi connectivity index (χ3v) is 22.9. The first-order valence-electron chi connectivity index (χ1n) is 40.1. The van der Waals surface area contributed by atoms with Crippen LogP contribution in [-0.4, -0.2) is 540 Å². The van der Waals surface area contributed by atoms with Gasteiger partial charge in [0, 0.05) is 34.6 Å². The molecule has 32 N–H and O–H groups in total. The van der Waals surface area contributed by atoms with Gasteiger partial charge in [-0.25, -0.2) is 0 Å². The molecular weight excluding hydrogens is 1730 g/mol. The Bertz CT molecular complexity index is 3440. The number of ether oxygens (including phenoxy) is 19. The summed E-state index contributed by atoms with van der Waals surface area (Å²) in [6.45, 7) is -7.24. The van der Waals surface area contributed by atoms with Crippen LogP contribution >= 0.6 is 0 Å². The molecule has 10 aliphatic rings. The van der Waals surface area contributed by atoms with Gasteiger partial charge >= 0.3 is 0 Å². The zero-order valence-electron chi connectivity index (χ0n) is 67.8. The van der Waals surface area contributed by atoms with Crippen LogP contribution in [0.5, 0.6) is 0 Å². The Hall–Kier alpha value is -4.49. The molecule has 0 aliphatic carbocycles. The van der Waals surface area contributed by atoms with Gasteiger partial charge < -0.3 is 254 Å². The minimum Gasteiger partial charge on any atom is -0.394 e.